The summed E-state index contributed by atoms with van der Waals surface area (Å²) in [6.45, 7) is 6.34. The van der Waals surface area contributed by atoms with Crippen LogP contribution in [0.2, 0.25) is 0 Å². The van der Waals surface area contributed by atoms with Gasteiger partial charge in [-0.2, -0.15) is 0 Å². The maximum atomic E-state index is 12.8. The van der Waals surface area contributed by atoms with Gasteiger partial charge in [-0.1, -0.05) is 45.3 Å². The van der Waals surface area contributed by atoms with Crippen LogP contribution in [0.1, 0.15) is 52.9 Å². The van der Waals surface area contributed by atoms with Gasteiger partial charge >= 0.3 is 0 Å². The number of nitrogens with two attached hydrogens (primary N) is 1. The van der Waals surface area contributed by atoms with Crippen molar-refractivity contribution in [2.24, 2.45) is 17.1 Å². The molecule has 104 valence electrons. The molecule has 1 saturated carbocycles. The third kappa shape index (κ3) is 2.85. The summed E-state index contributed by atoms with van der Waals surface area (Å²) in [6.07, 6.45) is 4.91. The summed E-state index contributed by atoms with van der Waals surface area (Å²) in [6, 6.07) is 0.214. The highest BCUT2D eigenvalue weighted by Crippen LogP contribution is 2.38. The van der Waals surface area contributed by atoms with Crippen molar-refractivity contribution >= 4 is 23.1 Å². The van der Waals surface area contributed by atoms with Crippen LogP contribution in [0.5, 0.6) is 0 Å². The van der Waals surface area contributed by atoms with Crippen molar-refractivity contribution in [3.8, 4) is 0 Å². The summed E-state index contributed by atoms with van der Waals surface area (Å²) in [5, 5.41) is 0. The van der Waals surface area contributed by atoms with Gasteiger partial charge in [-0.3, -0.25) is 4.79 Å². The fraction of sp³-hybridized carbons (Fsp3) is 0.857. The highest BCUT2D eigenvalue weighted by Gasteiger charge is 2.44. The van der Waals surface area contributed by atoms with Crippen molar-refractivity contribution in [2.75, 3.05) is 7.05 Å². The van der Waals surface area contributed by atoms with E-state index >= 15 is 0 Å². The van der Waals surface area contributed by atoms with Crippen molar-refractivity contribution in [1.82, 2.24) is 4.90 Å². The van der Waals surface area contributed by atoms with E-state index in [1.54, 1.807) is 0 Å². The standard InChI is InChI=1S/C14H26N2OS/c1-10(2)11(3)16(4)13(17)14(12(15)18)8-6-5-7-9-14/h10-11H,5-9H2,1-4H3,(H2,15,18). The van der Waals surface area contributed by atoms with Gasteiger partial charge in [-0.15, -0.1) is 0 Å². The Hall–Kier alpha value is -0.640. The molecule has 0 heterocycles. The third-order valence-electron chi connectivity index (χ3n) is 4.48. The SMILES string of the molecule is CC(C)C(C)N(C)C(=O)C1(C(N)=S)CCCCC1. The minimum atomic E-state index is -0.578. The average Bonchev–Trinajstić information content (AvgIpc) is 2.36. The number of thiocarbonyl (C=S) groups is 1. The monoisotopic (exact) mass is 270 g/mol. The van der Waals surface area contributed by atoms with Gasteiger partial charge in [-0.25, -0.2) is 0 Å². The second-order valence-electron chi connectivity index (χ2n) is 5.91. The van der Waals surface area contributed by atoms with Gasteiger partial charge in [0.1, 0.15) is 0 Å². The molecule has 0 aliphatic heterocycles. The van der Waals surface area contributed by atoms with E-state index in [-0.39, 0.29) is 11.9 Å². The molecule has 0 aromatic carbocycles. The van der Waals surface area contributed by atoms with Crippen molar-refractivity contribution in [3.05, 3.63) is 0 Å². The molecule has 0 spiro atoms. The first-order chi connectivity index (χ1) is 8.33. The third-order valence-corrected chi connectivity index (χ3v) is 4.87. The van der Waals surface area contributed by atoms with Crippen LogP contribution < -0.4 is 5.73 Å². The van der Waals surface area contributed by atoms with Crippen LogP contribution >= 0.6 is 12.2 Å². The van der Waals surface area contributed by atoms with Crippen LogP contribution in [0, 0.1) is 11.3 Å². The molecule has 18 heavy (non-hydrogen) atoms. The highest BCUT2D eigenvalue weighted by molar-refractivity contribution is 7.80. The lowest BCUT2D eigenvalue weighted by Gasteiger charge is -2.40. The molecule has 1 rings (SSSR count). The summed E-state index contributed by atoms with van der Waals surface area (Å²) in [4.78, 5) is 15.0. The fourth-order valence-electron chi connectivity index (χ4n) is 2.69. The van der Waals surface area contributed by atoms with E-state index in [4.69, 9.17) is 18.0 Å². The number of carbonyl (C=O) groups is 1. The summed E-state index contributed by atoms with van der Waals surface area (Å²) in [7, 11) is 1.88. The fourth-order valence-corrected chi connectivity index (χ4v) is 2.98. The molecule has 4 heteroatoms. The Labute approximate surface area is 116 Å². The number of amides is 1. The topological polar surface area (TPSA) is 46.3 Å². The largest absolute Gasteiger partial charge is 0.392 e. The van der Waals surface area contributed by atoms with Gasteiger partial charge in [0.25, 0.3) is 0 Å². The minimum Gasteiger partial charge on any atom is -0.392 e. The Bertz CT molecular complexity index is 322. The normalized spacial score (nSPS) is 20.5. The van der Waals surface area contributed by atoms with E-state index < -0.39 is 5.41 Å². The Morgan fingerprint density at radius 1 is 1.22 bits per heavy atom. The molecule has 2 N–H and O–H groups in total. The van der Waals surface area contributed by atoms with Gasteiger partial charge in [-0.05, 0) is 25.7 Å². The molecule has 0 bridgehead atoms. The van der Waals surface area contributed by atoms with Crippen LogP contribution in [0.25, 0.3) is 0 Å². The zero-order valence-corrected chi connectivity index (χ0v) is 12.8. The highest BCUT2D eigenvalue weighted by atomic mass is 32.1. The quantitative estimate of drug-likeness (QED) is 0.799. The minimum absolute atomic E-state index is 0.121. The predicted octanol–water partition coefficient (Wildman–Crippen LogP) is 2.73. The Kier molecular flexibility index (Phi) is 5.14. The van der Waals surface area contributed by atoms with Crippen molar-refractivity contribution < 1.29 is 4.79 Å². The number of carbonyl (C=O) groups excluding carboxylic acids is 1. The summed E-state index contributed by atoms with van der Waals surface area (Å²) in [5.74, 6) is 0.557. The number of rotatable bonds is 4. The molecule has 1 aliphatic carbocycles. The Morgan fingerprint density at radius 2 is 1.72 bits per heavy atom. The molecule has 1 fully saturated rings. The molecule has 1 atom stereocenters. The first-order valence-electron chi connectivity index (χ1n) is 6.90. The Balaban J connectivity index is 2.93. The number of hydrogen-bond acceptors (Lipinski definition) is 2. The molecule has 1 unspecified atom stereocenters. The van der Waals surface area contributed by atoms with Gasteiger partial charge < -0.3 is 10.6 Å². The number of nitrogens with zero attached hydrogens (tertiary/aromatic N) is 1. The molecule has 3 nitrogen and oxygen atoms in total. The van der Waals surface area contributed by atoms with Crippen LogP contribution in [0.15, 0.2) is 0 Å². The zero-order chi connectivity index (χ0) is 13.9. The zero-order valence-electron chi connectivity index (χ0n) is 12.0. The molecule has 0 aromatic rings. The van der Waals surface area contributed by atoms with Crippen LogP contribution in [-0.4, -0.2) is 28.9 Å². The second-order valence-corrected chi connectivity index (χ2v) is 6.35. The van der Waals surface area contributed by atoms with Crippen LogP contribution in [-0.2, 0) is 4.79 Å². The Morgan fingerprint density at radius 3 is 2.11 bits per heavy atom. The summed E-state index contributed by atoms with van der Waals surface area (Å²) < 4.78 is 0. The maximum absolute atomic E-state index is 12.8. The van der Waals surface area contributed by atoms with E-state index in [9.17, 15) is 4.79 Å². The van der Waals surface area contributed by atoms with Crippen LogP contribution in [0.4, 0.5) is 0 Å². The average molecular weight is 270 g/mol. The lowest BCUT2D eigenvalue weighted by molar-refractivity contribution is -0.141. The summed E-state index contributed by atoms with van der Waals surface area (Å²) >= 11 is 5.21. The van der Waals surface area contributed by atoms with Gasteiger partial charge in [0, 0.05) is 13.1 Å². The van der Waals surface area contributed by atoms with E-state index in [0.29, 0.717) is 10.9 Å². The maximum Gasteiger partial charge on any atom is 0.235 e. The lowest BCUT2D eigenvalue weighted by Crippen LogP contribution is -2.53. The first-order valence-corrected chi connectivity index (χ1v) is 7.31. The molecule has 1 amide bonds. The number of hydrogen-bond donors (Lipinski definition) is 1. The van der Waals surface area contributed by atoms with E-state index in [1.807, 2.05) is 11.9 Å². The second kappa shape index (κ2) is 6.00. The van der Waals surface area contributed by atoms with Crippen molar-refractivity contribution in [1.29, 1.82) is 0 Å². The smallest absolute Gasteiger partial charge is 0.235 e. The van der Waals surface area contributed by atoms with Crippen molar-refractivity contribution in [2.45, 2.75) is 58.9 Å². The van der Waals surface area contributed by atoms with Crippen molar-refractivity contribution in [3.63, 3.8) is 0 Å². The van der Waals surface area contributed by atoms with Crippen LogP contribution in [0.3, 0.4) is 0 Å². The van der Waals surface area contributed by atoms with Gasteiger partial charge in [0.2, 0.25) is 5.91 Å². The van der Waals surface area contributed by atoms with Gasteiger partial charge in [0.15, 0.2) is 0 Å². The van der Waals surface area contributed by atoms with E-state index in [0.717, 1.165) is 25.7 Å². The molecule has 0 saturated heterocycles. The molecular weight excluding hydrogens is 244 g/mol. The molecule has 1 aliphatic rings. The predicted molar refractivity (Wildman–Crippen MR) is 79.4 cm³/mol. The van der Waals surface area contributed by atoms with Gasteiger partial charge in [0.05, 0.1) is 10.4 Å². The molecular formula is C14H26N2OS. The van der Waals surface area contributed by atoms with E-state index in [2.05, 4.69) is 20.8 Å². The molecule has 0 aromatic heterocycles. The lowest BCUT2D eigenvalue weighted by atomic mass is 9.72. The molecule has 0 radical (unpaired) electrons. The first kappa shape index (κ1) is 15.4. The van der Waals surface area contributed by atoms with E-state index in [1.165, 1.54) is 6.42 Å². The summed E-state index contributed by atoms with van der Waals surface area (Å²) in [5.41, 5.74) is 5.32.